The molecule has 1 aromatic heterocycles. The zero-order valence-corrected chi connectivity index (χ0v) is 15.7. The van der Waals surface area contributed by atoms with Crippen molar-refractivity contribution in [3.63, 3.8) is 0 Å². The maximum Gasteiger partial charge on any atom is 0.132 e. The molecule has 0 unspecified atom stereocenters. The number of hydrogen-bond acceptors (Lipinski definition) is 5. The van der Waals surface area contributed by atoms with E-state index in [0.29, 0.717) is 11.7 Å². The second-order valence-electron chi connectivity index (χ2n) is 6.73. The molecule has 5 N–H and O–H groups in total. The molecule has 0 amide bonds. The number of amidine groups is 1. The van der Waals surface area contributed by atoms with E-state index in [-0.39, 0.29) is 5.92 Å². The third-order valence-electron chi connectivity index (χ3n) is 4.29. The Morgan fingerprint density at radius 2 is 2.07 bits per heavy atom. The van der Waals surface area contributed by atoms with Crippen LogP contribution in [0.3, 0.4) is 0 Å². The first-order chi connectivity index (χ1) is 13.0. The van der Waals surface area contributed by atoms with E-state index in [2.05, 4.69) is 26.7 Å². The van der Waals surface area contributed by atoms with Crippen LogP contribution < -0.4 is 16.4 Å². The highest BCUT2D eigenvalue weighted by molar-refractivity contribution is 5.97. The summed E-state index contributed by atoms with van der Waals surface area (Å²) >= 11 is 0. The third-order valence-corrected chi connectivity index (χ3v) is 4.29. The smallest absolute Gasteiger partial charge is 0.132 e. The molecule has 0 bridgehead atoms. The summed E-state index contributed by atoms with van der Waals surface area (Å²) in [5.41, 5.74) is 11.8. The maximum absolute atomic E-state index is 7.47. The molecule has 0 atom stereocenters. The summed E-state index contributed by atoms with van der Waals surface area (Å²) in [6.07, 6.45) is 12.7. The predicted octanol–water partition coefficient (Wildman–Crippen LogP) is 3.14. The Labute approximate surface area is 159 Å². The Balaban J connectivity index is 1.81. The summed E-state index contributed by atoms with van der Waals surface area (Å²) in [6.45, 7) is 6.00. The molecule has 0 saturated carbocycles. The molecule has 0 aromatic carbocycles. The number of dihydropyridines is 2. The maximum atomic E-state index is 7.47. The molecule has 2 aliphatic heterocycles. The van der Waals surface area contributed by atoms with Gasteiger partial charge in [0.1, 0.15) is 11.7 Å². The Morgan fingerprint density at radius 3 is 2.74 bits per heavy atom. The third kappa shape index (κ3) is 4.41. The fourth-order valence-electron chi connectivity index (χ4n) is 2.68. The van der Waals surface area contributed by atoms with Crippen LogP contribution in [0.2, 0.25) is 0 Å². The van der Waals surface area contributed by atoms with Gasteiger partial charge in [-0.1, -0.05) is 19.9 Å². The number of nitrogens with zero attached hydrogens (tertiary/aromatic N) is 2. The minimum absolute atomic E-state index is 0.220. The minimum atomic E-state index is 0.220. The molecule has 0 saturated heterocycles. The highest BCUT2D eigenvalue weighted by atomic mass is 15.1. The minimum Gasteiger partial charge on any atom is -0.384 e. The number of aromatic nitrogens is 1. The second kappa shape index (κ2) is 7.86. The van der Waals surface area contributed by atoms with E-state index in [9.17, 15) is 0 Å². The van der Waals surface area contributed by atoms with Crippen LogP contribution in [0.4, 0.5) is 0 Å². The first-order valence-electron chi connectivity index (χ1n) is 8.83. The number of pyridine rings is 1. The van der Waals surface area contributed by atoms with Crippen molar-refractivity contribution < 1.29 is 0 Å². The van der Waals surface area contributed by atoms with Crippen molar-refractivity contribution in [2.75, 3.05) is 0 Å². The normalized spacial score (nSPS) is 17.0. The number of nitrogens with one attached hydrogen (secondary N) is 3. The quantitative estimate of drug-likeness (QED) is 0.479. The summed E-state index contributed by atoms with van der Waals surface area (Å²) in [4.78, 5) is 8.78. The zero-order chi connectivity index (χ0) is 19.4. The van der Waals surface area contributed by atoms with Crippen LogP contribution in [0.25, 0.3) is 5.57 Å². The highest BCUT2D eigenvalue weighted by Crippen LogP contribution is 2.24. The molecule has 2 aliphatic rings. The number of rotatable bonds is 5. The average Bonchev–Trinajstić information content (AvgIpc) is 2.66. The molecular formula is C21H24N6. The molecule has 0 fully saturated rings. The van der Waals surface area contributed by atoms with Gasteiger partial charge in [0.15, 0.2) is 0 Å². The monoisotopic (exact) mass is 360 g/mol. The lowest BCUT2D eigenvalue weighted by molar-refractivity contribution is 0.806. The van der Waals surface area contributed by atoms with E-state index in [0.717, 1.165) is 33.8 Å². The van der Waals surface area contributed by atoms with Crippen LogP contribution in [0.15, 0.2) is 76.6 Å². The van der Waals surface area contributed by atoms with Gasteiger partial charge in [-0.3, -0.25) is 4.98 Å². The average molecular weight is 360 g/mol. The standard InChI is InChI=1S/C21H24N6/c1-13(2)16(10-22)9-20(23)27-21-7-6-18-19(26-21)8-17(12-25-18)15-5-4-14(3)24-11-15/h4-13,22,25-26H,1-3H3,(H2,23,27). The molecule has 1 aromatic rings. The highest BCUT2D eigenvalue weighted by Gasteiger charge is 2.16. The first kappa shape index (κ1) is 18.4. The number of nitrogens with two attached hydrogens (primary N) is 1. The van der Waals surface area contributed by atoms with E-state index in [1.165, 1.54) is 6.21 Å². The Morgan fingerprint density at radius 1 is 1.26 bits per heavy atom. The topological polar surface area (TPSA) is 99.2 Å². The van der Waals surface area contributed by atoms with Gasteiger partial charge >= 0.3 is 0 Å². The van der Waals surface area contributed by atoms with Crippen molar-refractivity contribution in [2.45, 2.75) is 20.8 Å². The van der Waals surface area contributed by atoms with Crippen LogP contribution in [0.5, 0.6) is 0 Å². The van der Waals surface area contributed by atoms with E-state index in [1.54, 1.807) is 6.08 Å². The molecule has 6 heteroatoms. The van der Waals surface area contributed by atoms with E-state index in [4.69, 9.17) is 11.1 Å². The summed E-state index contributed by atoms with van der Waals surface area (Å²) in [7, 11) is 0. The lowest BCUT2D eigenvalue weighted by Crippen LogP contribution is -2.26. The largest absolute Gasteiger partial charge is 0.384 e. The molecule has 0 aliphatic carbocycles. The SMILES string of the molecule is Cc1ccc(C2=CNC3=CC=C(N=C(N)C=C(C=N)C(C)C)NC3=C2)cn1. The van der Waals surface area contributed by atoms with Gasteiger partial charge < -0.3 is 21.8 Å². The summed E-state index contributed by atoms with van der Waals surface area (Å²) in [5, 5.41) is 14.1. The number of fused-ring (bicyclic) bond motifs is 1. The van der Waals surface area contributed by atoms with Crippen LogP contribution in [-0.2, 0) is 0 Å². The number of aryl methyl sites for hydroxylation is 1. The molecule has 3 heterocycles. The summed E-state index contributed by atoms with van der Waals surface area (Å²) in [6, 6.07) is 4.04. The van der Waals surface area contributed by atoms with Gasteiger partial charge in [0.25, 0.3) is 0 Å². The number of allylic oxidation sites excluding steroid dienone is 5. The molecule has 3 rings (SSSR count). The van der Waals surface area contributed by atoms with Crippen molar-refractivity contribution in [1.29, 1.82) is 5.41 Å². The Kier molecular flexibility index (Phi) is 5.35. The lowest BCUT2D eigenvalue weighted by Gasteiger charge is -2.23. The van der Waals surface area contributed by atoms with Crippen LogP contribution >= 0.6 is 0 Å². The van der Waals surface area contributed by atoms with Gasteiger partial charge in [-0.2, -0.15) is 0 Å². The number of aliphatic imine (C=N–C) groups is 1. The predicted molar refractivity (Wildman–Crippen MR) is 111 cm³/mol. The van der Waals surface area contributed by atoms with E-state index < -0.39 is 0 Å². The Bertz CT molecular complexity index is 924. The molecular weight excluding hydrogens is 336 g/mol. The van der Waals surface area contributed by atoms with Crippen molar-refractivity contribution in [3.8, 4) is 0 Å². The number of hydrogen-bond donors (Lipinski definition) is 4. The van der Waals surface area contributed by atoms with Gasteiger partial charge in [0.05, 0.1) is 11.4 Å². The fraction of sp³-hybridized carbons (Fsp3) is 0.190. The second-order valence-corrected chi connectivity index (χ2v) is 6.73. The lowest BCUT2D eigenvalue weighted by atomic mass is 10.0. The van der Waals surface area contributed by atoms with Crippen molar-refractivity contribution in [1.82, 2.24) is 15.6 Å². The van der Waals surface area contributed by atoms with E-state index in [1.807, 2.05) is 57.5 Å². The molecule has 6 nitrogen and oxygen atoms in total. The van der Waals surface area contributed by atoms with Crippen LogP contribution in [0, 0.1) is 18.3 Å². The van der Waals surface area contributed by atoms with Crippen LogP contribution in [0.1, 0.15) is 25.1 Å². The molecule has 138 valence electrons. The van der Waals surface area contributed by atoms with Gasteiger partial charge in [-0.15, -0.1) is 0 Å². The van der Waals surface area contributed by atoms with Crippen molar-refractivity contribution >= 4 is 17.6 Å². The Hall–Kier alpha value is -3.41. The molecule has 0 spiro atoms. The first-order valence-corrected chi connectivity index (χ1v) is 8.83. The fourth-order valence-corrected chi connectivity index (χ4v) is 2.68. The van der Waals surface area contributed by atoms with Gasteiger partial charge in [0, 0.05) is 35.4 Å². The summed E-state index contributed by atoms with van der Waals surface area (Å²) in [5.74, 6) is 1.23. The van der Waals surface area contributed by atoms with Crippen LogP contribution in [-0.4, -0.2) is 17.0 Å². The van der Waals surface area contributed by atoms with Gasteiger partial charge in [-0.25, -0.2) is 4.99 Å². The van der Waals surface area contributed by atoms with E-state index >= 15 is 0 Å². The summed E-state index contributed by atoms with van der Waals surface area (Å²) < 4.78 is 0. The zero-order valence-electron chi connectivity index (χ0n) is 15.7. The van der Waals surface area contributed by atoms with Gasteiger partial charge in [-0.05, 0) is 48.8 Å². The van der Waals surface area contributed by atoms with Crippen molar-refractivity contribution in [3.05, 3.63) is 82.9 Å². The van der Waals surface area contributed by atoms with Crippen molar-refractivity contribution in [2.24, 2.45) is 16.6 Å². The molecule has 0 radical (unpaired) electrons. The molecule has 27 heavy (non-hydrogen) atoms. The van der Waals surface area contributed by atoms with Gasteiger partial charge in [0.2, 0.25) is 0 Å².